The van der Waals surface area contributed by atoms with Crippen molar-refractivity contribution in [1.82, 2.24) is 16.0 Å². The summed E-state index contributed by atoms with van der Waals surface area (Å²) >= 11 is 0. The van der Waals surface area contributed by atoms with Crippen molar-refractivity contribution in [3.8, 4) is 5.75 Å². The molecule has 1 aromatic carbocycles. The quantitative estimate of drug-likeness (QED) is 0.0516. The normalized spacial score (nSPS) is 12.7. The molecule has 0 saturated heterocycles. The van der Waals surface area contributed by atoms with Crippen molar-refractivity contribution in [2.75, 3.05) is 19.6 Å². The fourth-order valence-electron chi connectivity index (χ4n) is 3.41. The Kier molecular flexibility index (Phi) is 14.1. The Balaban J connectivity index is 3.09. The van der Waals surface area contributed by atoms with Crippen molar-refractivity contribution in [2.24, 2.45) is 38.7 Å². The van der Waals surface area contributed by atoms with Gasteiger partial charge in [0.1, 0.15) is 23.9 Å². The molecule has 39 heavy (non-hydrogen) atoms. The van der Waals surface area contributed by atoms with E-state index in [2.05, 4.69) is 25.9 Å². The van der Waals surface area contributed by atoms with E-state index in [-0.39, 0.29) is 63.0 Å². The van der Waals surface area contributed by atoms with Crippen LogP contribution in [0.3, 0.4) is 0 Å². The summed E-state index contributed by atoms with van der Waals surface area (Å²) in [5.74, 6) is -3.61. The van der Waals surface area contributed by atoms with Gasteiger partial charge in [-0.2, -0.15) is 0 Å². The summed E-state index contributed by atoms with van der Waals surface area (Å²) in [6, 6.07) is 2.34. The highest BCUT2D eigenvalue weighted by Gasteiger charge is 2.29. The number of phenolic OH excluding ortho intramolecular Hbond substituents is 1. The van der Waals surface area contributed by atoms with Crippen LogP contribution in [0.5, 0.6) is 5.75 Å². The van der Waals surface area contributed by atoms with Gasteiger partial charge in [0.05, 0.1) is 6.54 Å². The minimum Gasteiger partial charge on any atom is -0.508 e. The number of benzene rings is 1. The molecule has 0 saturated carbocycles. The highest BCUT2D eigenvalue weighted by Crippen LogP contribution is 2.12. The van der Waals surface area contributed by atoms with Crippen molar-refractivity contribution in [2.45, 2.75) is 50.2 Å². The fraction of sp³-hybridized carbons (Fsp3) is 0.478. The topological polar surface area (TPSA) is 300 Å². The summed E-state index contributed by atoms with van der Waals surface area (Å²) in [6.45, 7) is -0.00451. The van der Waals surface area contributed by atoms with E-state index in [1.165, 1.54) is 12.1 Å². The van der Waals surface area contributed by atoms with Gasteiger partial charge in [-0.25, -0.2) is 4.79 Å². The number of aliphatic imine (C=N–C) groups is 2. The van der Waals surface area contributed by atoms with Gasteiger partial charge in [0, 0.05) is 19.5 Å². The van der Waals surface area contributed by atoms with E-state index in [1.54, 1.807) is 12.1 Å². The fourth-order valence-corrected chi connectivity index (χ4v) is 3.41. The van der Waals surface area contributed by atoms with E-state index in [0.717, 1.165) is 0 Å². The molecular formula is C23H38N10O6. The van der Waals surface area contributed by atoms with Crippen LogP contribution in [0.4, 0.5) is 0 Å². The molecule has 0 aliphatic rings. The van der Waals surface area contributed by atoms with Crippen LogP contribution in [0.15, 0.2) is 34.3 Å². The number of phenols is 1. The Morgan fingerprint density at radius 3 is 1.74 bits per heavy atom. The first-order valence-electron chi connectivity index (χ1n) is 12.1. The second-order valence-corrected chi connectivity index (χ2v) is 8.55. The molecule has 0 bridgehead atoms. The zero-order valence-corrected chi connectivity index (χ0v) is 21.5. The number of guanidine groups is 2. The molecule has 0 radical (unpaired) electrons. The number of hydrogen-bond donors (Lipinski definition) is 10. The van der Waals surface area contributed by atoms with Crippen LogP contribution in [0.1, 0.15) is 31.2 Å². The Hall–Kier alpha value is -4.60. The minimum atomic E-state index is -1.28. The largest absolute Gasteiger partial charge is 0.508 e. The smallest absolute Gasteiger partial charge is 0.326 e. The Bertz CT molecular complexity index is 1020. The number of rotatable bonds is 17. The predicted molar refractivity (Wildman–Crippen MR) is 144 cm³/mol. The lowest BCUT2D eigenvalue weighted by Gasteiger charge is -2.24. The molecule has 0 spiro atoms. The van der Waals surface area contributed by atoms with Gasteiger partial charge in [-0.1, -0.05) is 12.1 Å². The number of carbonyl (C=O) groups excluding carboxylic acids is 3. The molecule has 3 amide bonds. The average molecular weight is 551 g/mol. The highest BCUT2D eigenvalue weighted by atomic mass is 16.4. The summed E-state index contributed by atoms with van der Waals surface area (Å²) in [7, 11) is 0. The third kappa shape index (κ3) is 13.5. The number of aliphatic carboxylic acids is 1. The Morgan fingerprint density at radius 2 is 1.26 bits per heavy atom. The van der Waals surface area contributed by atoms with Gasteiger partial charge in [-0.05, 0) is 43.4 Å². The van der Waals surface area contributed by atoms with Crippen molar-refractivity contribution in [3.63, 3.8) is 0 Å². The molecule has 216 valence electrons. The summed E-state index contributed by atoms with van der Waals surface area (Å²) in [6.07, 6.45) is 0.714. The maximum absolute atomic E-state index is 13.2. The zero-order valence-electron chi connectivity index (χ0n) is 21.5. The number of nitrogens with zero attached hydrogens (tertiary/aromatic N) is 2. The van der Waals surface area contributed by atoms with Crippen LogP contribution < -0.4 is 44.6 Å². The van der Waals surface area contributed by atoms with Gasteiger partial charge < -0.3 is 54.8 Å². The molecular weight excluding hydrogens is 512 g/mol. The number of hydrogen-bond acceptors (Lipinski definition) is 8. The molecule has 16 heteroatoms. The molecule has 0 heterocycles. The van der Waals surface area contributed by atoms with E-state index < -0.39 is 41.8 Å². The summed E-state index contributed by atoms with van der Waals surface area (Å²) in [4.78, 5) is 57.6. The van der Waals surface area contributed by atoms with Crippen molar-refractivity contribution < 1.29 is 29.4 Å². The Labute approximate surface area is 225 Å². The lowest BCUT2D eigenvalue weighted by molar-refractivity contribution is -0.142. The maximum atomic E-state index is 13.2. The van der Waals surface area contributed by atoms with E-state index in [9.17, 15) is 29.4 Å². The second kappa shape index (κ2) is 17.0. The van der Waals surface area contributed by atoms with Crippen LogP contribution in [0, 0.1) is 0 Å². The van der Waals surface area contributed by atoms with Gasteiger partial charge in [-0.3, -0.25) is 24.4 Å². The SMILES string of the molecule is NCC(=O)NC(CCCN=C(N)N)C(=O)NC(Cc1ccc(O)cc1)C(=O)NC(CCCN=C(N)N)C(=O)O. The van der Waals surface area contributed by atoms with Crippen molar-refractivity contribution >= 4 is 35.6 Å². The van der Waals surface area contributed by atoms with Crippen molar-refractivity contribution in [3.05, 3.63) is 29.8 Å². The molecule has 16 nitrogen and oxygen atoms in total. The van der Waals surface area contributed by atoms with Crippen LogP contribution in [-0.2, 0) is 25.6 Å². The number of carboxylic acid groups (broad SMARTS) is 1. The molecule has 1 aromatic rings. The van der Waals surface area contributed by atoms with E-state index >= 15 is 0 Å². The van der Waals surface area contributed by atoms with Gasteiger partial charge in [0.2, 0.25) is 17.7 Å². The van der Waals surface area contributed by atoms with Crippen LogP contribution in [-0.4, -0.2) is 83.6 Å². The lowest BCUT2D eigenvalue weighted by atomic mass is 10.0. The van der Waals surface area contributed by atoms with E-state index in [1.807, 2.05) is 0 Å². The first kappa shape index (κ1) is 32.4. The maximum Gasteiger partial charge on any atom is 0.326 e. The third-order valence-corrected chi connectivity index (χ3v) is 5.35. The molecule has 1 rings (SSSR count). The van der Waals surface area contributed by atoms with E-state index in [4.69, 9.17) is 28.7 Å². The molecule has 0 aliphatic carbocycles. The highest BCUT2D eigenvalue weighted by molar-refractivity contribution is 5.93. The van der Waals surface area contributed by atoms with Crippen LogP contribution >= 0.6 is 0 Å². The number of carbonyl (C=O) groups is 4. The molecule has 3 unspecified atom stereocenters. The summed E-state index contributed by atoms with van der Waals surface area (Å²) in [5, 5.41) is 26.7. The second-order valence-electron chi connectivity index (χ2n) is 8.55. The zero-order chi connectivity index (χ0) is 29.4. The number of amides is 3. The summed E-state index contributed by atoms with van der Waals surface area (Å²) in [5.41, 5.74) is 27.1. The number of nitrogens with one attached hydrogen (secondary N) is 3. The summed E-state index contributed by atoms with van der Waals surface area (Å²) < 4.78 is 0. The van der Waals surface area contributed by atoms with Crippen molar-refractivity contribution in [1.29, 1.82) is 0 Å². The number of aromatic hydroxyl groups is 1. The predicted octanol–water partition coefficient (Wildman–Crippen LogP) is -3.46. The van der Waals surface area contributed by atoms with Gasteiger partial charge in [-0.15, -0.1) is 0 Å². The molecule has 0 aliphatic heterocycles. The molecule has 0 fully saturated rings. The molecule has 3 atom stereocenters. The van der Waals surface area contributed by atoms with E-state index in [0.29, 0.717) is 12.0 Å². The van der Waals surface area contributed by atoms with Crippen LogP contribution in [0.25, 0.3) is 0 Å². The number of carboxylic acids is 1. The third-order valence-electron chi connectivity index (χ3n) is 5.35. The first-order valence-corrected chi connectivity index (χ1v) is 12.1. The Morgan fingerprint density at radius 1 is 0.769 bits per heavy atom. The lowest BCUT2D eigenvalue weighted by Crippen LogP contribution is -2.56. The van der Waals surface area contributed by atoms with Crippen LogP contribution in [0.2, 0.25) is 0 Å². The van der Waals surface area contributed by atoms with Gasteiger partial charge in [0.15, 0.2) is 11.9 Å². The monoisotopic (exact) mass is 550 g/mol. The molecule has 15 N–H and O–H groups in total. The number of nitrogens with two attached hydrogens (primary N) is 5. The standard InChI is InChI=1S/C23H38N10O6/c24-12-18(35)31-15(3-1-9-29-22(25)26)19(36)33-17(11-13-5-7-14(34)8-6-13)20(37)32-16(21(38)39)4-2-10-30-23(27)28/h5-8,15-17,34H,1-4,9-12,24H2,(H,31,35)(H,32,37)(H,33,36)(H,38,39)(H4,25,26,29)(H4,27,28,30). The minimum absolute atomic E-state index is 0.000777. The average Bonchev–Trinajstić information content (AvgIpc) is 2.87. The molecule has 0 aromatic heterocycles. The first-order chi connectivity index (χ1) is 18.4. The van der Waals surface area contributed by atoms with Gasteiger partial charge in [0.25, 0.3) is 0 Å². The van der Waals surface area contributed by atoms with Gasteiger partial charge >= 0.3 is 5.97 Å².